The number of rotatable bonds is 11. The normalized spacial score (nSPS) is 17.8. The quantitative estimate of drug-likeness (QED) is 0.398. The molecule has 6 nitrogen and oxygen atoms in total. The number of halogens is 1. The van der Waals surface area contributed by atoms with Crippen molar-refractivity contribution < 1.29 is 4.79 Å². The van der Waals surface area contributed by atoms with Gasteiger partial charge in [0, 0.05) is 68.4 Å². The lowest BCUT2D eigenvalue weighted by Gasteiger charge is -2.25. The summed E-state index contributed by atoms with van der Waals surface area (Å²) < 4.78 is 0. The van der Waals surface area contributed by atoms with Crippen molar-refractivity contribution in [2.24, 2.45) is 0 Å². The molecular weight excluding hydrogens is 470 g/mol. The van der Waals surface area contributed by atoms with Crippen LogP contribution < -0.4 is 15.5 Å². The number of likely N-dealkylation sites (tertiary alicyclic amines) is 1. The lowest BCUT2D eigenvalue weighted by molar-refractivity contribution is -0.125. The van der Waals surface area contributed by atoms with Gasteiger partial charge in [-0.2, -0.15) is 0 Å². The fourth-order valence-corrected chi connectivity index (χ4v) is 5.04. The van der Waals surface area contributed by atoms with E-state index in [2.05, 4.69) is 63.5 Å². The minimum atomic E-state index is -0.201. The van der Waals surface area contributed by atoms with Gasteiger partial charge in [-0.3, -0.25) is 14.7 Å². The van der Waals surface area contributed by atoms with E-state index in [0.717, 1.165) is 48.7 Å². The Kier molecular flexibility index (Phi) is 9.34. The molecule has 2 N–H and O–H groups in total. The standard InChI is InChI=1S/C29H36ClN5O/c1-3-34(4-2)26-13-11-22(12-14-26)20-35-21-25(32-19-24-9-5-6-10-27(24)30)16-28(35)29(36)33-18-23-8-7-15-31-17-23/h5-15,17,25,28,32H,3-4,16,18-21H2,1-2H3,(H,33,36)/t25-,28-/m0/s1. The molecule has 0 unspecified atom stereocenters. The van der Waals surface area contributed by atoms with Crippen LogP contribution in [0.4, 0.5) is 5.69 Å². The molecule has 190 valence electrons. The molecule has 1 fully saturated rings. The summed E-state index contributed by atoms with van der Waals surface area (Å²) in [6.45, 7) is 9.01. The minimum Gasteiger partial charge on any atom is -0.372 e. The SMILES string of the molecule is CCN(CC)c1ccc(CN2C[C@@H](NCc3ccccc3Cl)C[C@H]2C(=O)NCc2cccnc2)cc1. The van der Waals surface area contributed by atoms with Crippen LogP contribution in [-0.4, -0.2) is 47.5 Å². The molecule has 2 atom stereocenters. The molecule has 1 amide bonds. The van der Waals surface area contributed by atoms with Crippen LogP contribution in [0.1, 0.15) is 37.0 Å². The van der Waals surface area contributed by atoms with Crippen LogP contribution in [0.15, 0.2) is 73.1 Å². The van der Waals surface area contributed by atoms with Crippen molar-refractivity contribution >= 4 is 23.2 Å². The van der Waals surface area contributed by atoms with E-state index < -0.39 is 0 Å². The summed E-state index contributed by atoms with van der Waals surface area (Å²) in [5, 5.41) is 7.52. The second kappa shape index (κ2) is 12.9. The summed E-state index contributed by atoms with van der Waals surface area (Å²) in [6, 6.07) is 20.5. The first-order chi connectivity index (χ1) is 17.6. The van der Waals surface area contributed by atoms with Crippen molar-refractivity contribution in [2.75, 3.05) is 24.5 Å². The summed E-state index contributed by atoms with van der Waals surface area (Å²) >= 11 is 6.36. The lowest BCUT2D eigenvalue weighted by Crippen LogP contribution is -2.42. The Balaban J connectivity index is 1.43. The highest BCUT2D eigenvalue weighted by Gasteiger charge is 2.36. The minimum absolute atomic E-state index is 0.0562. The monoisotopic (exact) mass is 505 g/mol. The number of nitrogens with zero attached hydrogens (tertiary/aromatic N) is 3. The third kappa shape index (κ3) is 6.84. The molecule has 1 saturated heterocycles. The fourth-order valence-electron chi connectivity index (χ4n) is 4.84. The van der Waals surface area contributed by atoms with Gasteiger partial charge in [0.1, 0.15) is 0 Å². The van der Waals surface area contributed by atoms with E-state index in [9.17, 15) is 4.79 Å². The molecule has 0 aliphatic carbocycles. The van der Waals surface area contributed by atoms with Crippen molar-refractivity contribution in [2.45, 2.75) is 52.0 Å². The maximum Gasteiger partial charge on any atom is 0.237 e. The summed E-state index contributed by atoms with van der Waals surface area (Å²) in [5.41, 5.74) is 4.51. The Morgan fingerprint density at radius 2 is 1.81 bits per heavy atom. The van der Waals surface area contributed by atoms with E-state index in [1.54, 1.807) is 12.4 Å². The van der Waals surface area contributed by atoms with Gasteiger partial charge in [-0.25, -0.2) is 0 Å². The smallest absolute Gasteiger partial charge is 0.237 e. The first-order valence-electron chi connectivity index (χ1n) is 12.8. The summed E-state index contributed by atoms with van der Waals surface area (Å²) in [6.07, 6.45) is 4.28. The van der Waals surface area contributed by atoms with Crippen LogP contribution in [0.2, 0.25) is 5.02 Å². The van der Waals surface area contributed by atoms with Crippen LogP contribution in [0.5, 0.6) is 0 Å². The second-order valence-corrected chi connectivity index (χ2v) is 9.68. The number of carbonyl (C=O) groups is 1. The molecule has 0 bridgehead atoms. The number of benzene rings is 2. The van der Waals surface area contributed by atoms with Gasteiger partial charge < -0.3 is 15.5 Å². The van der Waals surface area contributed by atoms with Crippen LogP contribution in [0.3, 0.4) is 0 Å². The molecular formula is C29H36ClN5O. The predicted octanol–water partition coefficient (Wildman–Crippen LogP) is 4.63. The van der Waals surface area contributed by atoms with Crippen LogP contribution in [0.25, 0.3) is 0 Å². The Bertz CT molecular complexity index is 1100. The first-order valence-corrected chi connectivity index (χ1v) is 13.2. The third-order valence-electron chi connectivity index (χ3n) is 6.89. The first kappa shape index (κ1) is 26.1. The molecule has 3 aromatic rings. The Labute approximate surface area is 219 Å². The molecule has 0 saturated carbocycles. The number of hydrogen-bond donors (Lipinski definition) is 2. The summed E-state index contributed by atoms with van der Waals surface area (Å²) in [4.78, 5) is 22.1. The summed E-state index contributed by atoms with van der Waals surface area (Å²) in [7, 11) is 0. The third-order valence-corrected chi connectivity index (χ3v) is 7.25. The molecule has 4 rings (SSSR count). The van der Waals surface area contributed by atoms with Gasteiger partial charge in [0.2, 0.25) is 5.91 Å². The summed E-state index contributed by atoms with van der Waals surface area (Å²) in [5.74, 6) is 0.0562. The van der Waals surface area contributed by atoms with Gasteiger partial charge in [-0.15, -0.1) is 0 Å². The zero-order chi connectivity index (χ0) is 25.3. The number of hydrogen-bond acceptors (Lipinski definition) is 5. The van der Waals surface area contributed by atoms with Crippen molar-refractivity contribution in [3.05, 3.63) is 94.8 Å². The number of aromatic nitrogens is 1. The number of nitrogens with one attached hydrogen (secondary N) is 2. The van der Waals surface area contributed by atoms with E-state index in [-0.39, 0.29) is 18.0 Å². The predicted molar refractivity (Wildman–Crippen MR) is 147 cm³/mol. The van der Waals surface area contributed by atoms with Crippen molar-refractivity contribution in [3.63, 3.8) is 0 Å². The molecule has 2 aromatic carbocycles. The zero-order valence-electron chi connectivity index (χ0n) is 21.2. The average Bonchev–Trinajstić information content (AvgIpc) is 3.31. The van der Waals surface area contributed by atoms with E-state index >= 15 is 0 Å². The number of pyridine rings is 1. The van der Waals surface area contributed by atoms with Gasteiger partial charge in [-0.05, 0) is 61.2 Å². The Morgan fingerprint density at radius 1 is 1.03 bits per heavy atom. The maximum atomic E-state index is 13.3. The molecule has 0 spiro atoms. The zero-order valence-corrected chi connectivity index (χ0v) is 21.9. The van der Waals surface area contributed by atoms with Crippen molar-refractivity contribution in [1.82, 2.24) is 20.5 Å². The van der Waals surface area contributed by atoms with Crippen LogP contribution in [-0.2, 0) is 24.4 Å². The largest absolute Gasteiger partial charge is 0.372 e. The van der Waals surface area contributed by atoms with Gasteiger partial charge in [0.05, 0.1) is 6.04 Å². The van der Waals surface area contributed by atoms with Crippen LogP contribution in [0, 0.1) is 0 Å². The topological polar surface area (TPSA) is 60.5 Å². The molecule has 7 heteroatoms. The highest BCUT2D eigenvalue weighted by molar-refractivity contribution is 6.31. The van der Waals surface area contributed by atoms with E-state index in [1.165, 1.54) is 11.3 Å². The number of amides is 1. The Hall–Kier alpha value is -2.93. The highest BCUT2D eigenvalue weighted by Crippen LogP contribution is 2.24. The van der Waals surface area contributed by atoms with Crippen LogP contribution >= 0.6 is 11.6 Å². The van der Waals surface area contributed by atoms with Gasteiger partial charge in [-0.1, -0.05) is 48.0 Å². The number of anilines is 1. The van der Waals surface area contributed by atoms with Gasteiger partial charge in [0.15, 0.2) is 0 Å². The van der Waals surface area contributed by atoms with E-state index in [0.29, 0.717) is 13.1 Å². The fraction of sp³-hybridized carbons (Fsp3) is 0.379. The average molecular weight is 506 g/mol. The van der Waals surface area contributed by atoms with E-state index in [1.807, 2.05) is 36.4 Å². The molecule has 1 aliphatic rings. The van der Waals surface area contributed by atoms with Crippen molar-refractivity contribution in [3.8, 4) is 0 Å². The maximum absolute atomic E-state index is 13.3. The molecule has 0 radical (unpaired) electrons. The Morgan fingerprint density at radius 3 is 2.50 bits per heavy atom. The molecule has 1 aromatic heterocycles. The highest BCUT2D eigenvalue weighted by atomic mass is 35.5. The molecule has 2 heterocycles. The number of carbonyl (C=O) groups excluding carboxylic acids is 1. The van der Waals surface area contributed by atoms with E-state index in [4.69, 9.17) is 11.6 Å². The van der Waals surface area contributed by atoms with Gasteiger partial charge >= 0.3 is 0 Å². The van der Waals surface area contributed by atoms with Crippen molar-refractivity contribution in [1.29, 1.82) is 0 Å². The lowest BCUT2D eigenvalue weighted by atomic mass is 10.1. The molecule has 1 aliphatic heterocycles. The molecule has 36 heavy (non-hydrogen) atoms. The van der Waals surface area contributed by atoms with Gasteiger partial charge in [0.25, 0.3) is 0 Å². The second-order valence-electron chi connectivity index (χ2n) is 9.27.